The van der Waals surface area contributed by atoms with Crippen LogP contribution in [0.1, 0.15) is 22.3 Å². The average Bonchev–Trinajstić information content (AvgIpc) is 3.41. The minimum absolute atomic E-state index is 0.262. The lowest BCUT2D eigenvalue weighted by Crippen LogP contribution is -2.47. The molecule has 1 N–H and O–H groups in total. The van der Waals surface area contributed by atoms with Gasteiger partial charge >= 0.3 is 6.18 Å². The second kappa shape index (κ2) is 8.53. The fraction of sp³-hybridized carbons (Fsp3) is 0.316. The van der Waals surface area contributed by atoms with Crippen molar-refractivity contribution < 1.29 is 35.5 Å². The van der Waals surface area contributed by atoms with Crippen molar-refractivity contribution in [3.63, 3.8) is 0 Å². The monoisotopic (exact) mass is 489 g/mol. The van der Waals surface area contributed by atoms with Crippen molar-refractivity contribution in [1.82, 2.24) is 29.9 Å². The van der Waals surface area contributed by atoms with Gasteiger partial charge in [-0.05, 0) is 12.1 Å². The molecule has 1 aliphatic heterocycles. The molecule has 0 aliphatic carbocycles. The highest BCUT2D eigenvalue weighted by molar-refractivity contribution is 5.98. The van der Waals surface area contributed by atoms with Crippen molar-refractivity contribution >= 4 is 11.9 Å². The molecular weight excluding hydrogens is 475 g/mol. The molecular formula is C19H14F7N7O. The van der Waals surface area contributed by atoms with Gasteiger partial charge in [-0.1, -0.05) is 0 Å². The van der Waals surface area contributed by atoms with E-state index in [-0.39, 0.29) is 11.6 Å². The number of halogens is 7. The van der Waals surface area contributed by atoms with Crippen LogP contribution in [0.25, 0.3) is 5.69 Å². The van der Waals surface area contributed by atoms with Gasteiger partial charge < -0.3 is 10.2 Å². The van der Waals surface area contributed by atoms with E-state index >= 15 is 0 Å². The predicted octanol–water partition coefficient (Wildman–Crippen LogP) is 3.32. The number of likely N-dealkylation sites (tertiary alicyclic amines) is 1. The van der Waals surface area contributed by atoms with Crippen molar-refractivity contribution in [2.75, 3.05) is 18.4 Å². The van der Waals surface area contributed by atoms with Gasteiger partial charge in [0.1, 0.15) is 17.3 Å². The highest BCUT2D eigenvalue weighted by Crippen LogP contribution is 2.36. The van der Waals surface area contributed by atoms with Crippen LogP contribution in [0.3, 0.4) is 0 Å². The molecule has 4 rings (SSSR count). The summed E-state index contributed by atoms with van der Waals surface area (Å²) in [7, 11) is 0. The van der Waals surface area contributed by atoms with Crippen molar-refractivity contribution in [3.8, 4) is 5.69 Å². The summed E-state index contributed by atoms with van der Waals surface area (Å²) < 4.78 is 95.7. The molecule has 180 valence electrons. The van der Waals surface area contributed by atoms with E-state index in [2.05, 4.69) is 25.5 Å². The molecule has 3 aromatic rings. The van der Waals surface area contributed by atoms with Crippen molar-refractivity contribution in [2.24, 2.45) is 0 Å². The molecule has 1 unspecified atom stereocenters. The quantitative estimate of drug-likeness (QED) is 0.554. The first kappa shape index (κ1) is 23.4. The second-order valence-corrected chi connectivity index (χ2v) is 7.27. The maximum Gasteiger partial charge on any atom is 0.419 e. The van der Waals surface area contributed by atoms with Crippen LogP contribution in [0.4, 0.5) is 36.7 Å². The Morgan fingerprint density at radius 2 is 1.76 bits per heavy atom. The first-order chi connectivity index (χ1) is 16.0. The lowest BCUT2D eigenvalue weighted by atomic mass is 10.1. The fourth-order valence-corrected chi connectivity index (χ4v) is 3.47. The molecule has 3 heterocycles. The van der Waals surface area contributed by atoms with Crippen molar-refractivity contribution in [2.45, 2.75) is 24.6 Å². The number of carbonyl (C=O) groups is 1. The normalized spacial score (nSPS) is 17.7. The van der Waals surface area contributed by atoms with Gasteiger partial charge in [-0.3, -0.25) is 4.79 Å². The standard InChI is InChI=1S/C19H14F7N7O/c20-11-1-2-12(33-30-4-5-31-33)14(15(11)21)16(34)32-6-3-18(22,23)13(32)9-29-17-27-7-10(8-28-17)19(24,25)26/h1-2,4-5,7-8,13H,3,6,9H2,(H,27,28,29). The van der Waals surface area contributed by atoms with E-state index in [4.69, 9.17) is 0 Å². The predicted molar refractivity (Wildman–Crippen MR) is 101 cm³/mol. The summed E-state index contributed by atoms with van der Waals surface area (Å²) in [5.41, 5.74) is -2.24. The van der Waals surface area contributed by atoms with Crippen LogP contribution < -0.4 is 5.32 Å². The fourth-order valence-electron chi connectivity index (χ4n) is 3.47. The van der Waals surface area contributed by atoms with E-state index in [1.54, 1.807) is 0 Å². The highest BCUT2D eigenvalue weighted by Gasteiger charge is 2.51. The van der Waals surface area contributed by atoms with Gasteiger partial charge in [0.15, 0.2) is 11.6 Å². The number of nitrogens with zero attached hydrogens (tertiary/aromatic N) is 6. The summed E-state index contributed by atoms with van der Waals surface area (Å²) in [6.07, 6.45) is -2.08. The van der Waals surface area contributed by atoms with E-state index in [1.807, 2.05) is 0 Å². The molecule has 1 aromatic carbocycles. The maximum atomic E-state index is 14.7. The van der Waals surface area contributed by atoms with Gasteiger partial charge in [0.2, 0.25) is 5.95 Å². The summed E-state index contributed by atoms with van der Waals surface area (Å²) in [6.45, 7) is -1.16. The number of carbonyl (C=O) groups excluding carboxylic acids is 1. The molecule has 2 aromatic heterocycles. The van der Waals surface area contributed by atoms with Crippen LogP contribution in [0, 0.1) is 11.6 Å². The van der Waals surface area contributed by atoms with Gasteiger partial charge in [0.25, 0.3) is 11.8 Å². The SMILES string of the molecule is O=C(c1c(-n2nccn2)ccc(F)c1F)N1CCC(F)(F)C1CNc1ncc(C(F)(F)F)cn1. The smallest absolute Gasteiger partial charge is 0.352 e. The Morgan fingerprint density at radius 1 is 1.12 bits per heavy atom. The van der Waals surface area contributed by atoms with Gasteiger partial charge in [-0.2, -0.15) is 28.2 Å². The maximum absolute atomic E-state index is 14.7. The van der Waals surface area contributed by atoms with Gasteiger partial charge in [-0.25, -0.2) is 27.5 Å². The number of aromatic nitrogens is 5. The summed E-state index contributed by atoms with van der Waals surface area (Å²) in [4.78, 5) is 21.5. The third-order valence-electron chi connectivity index (χ3n) is 5.16. The zero-order valence-corrected chi connectivity index (χ0v) is 16.9. The average molecular weight is 489 g/mol. The molecule has 0 spiro atoms. The Hall–Kier alpha value is -3.78. The summed E-state index contributed by atoms with van der Waals surface area (Å²) in [5, 5.41) is 9.89. The zero-order chi connectivity index (χ0) is 24.7. The van der Waals surface area contributed by atoms with Crippen LogP contribution in [-0.2, 0) is 6.18 Å². The molecule has 34 heavy (non-hydrogen) atoms. The molecule has 1 amide bonds. The second-order valence-electron chi connectivity index (χ2n) is 7.27. The minimum atomic E-state index is -4.68. The molecule has 1 atom stereocenters. The third-order valence-corrected chi connectivity index (χ3v) is 5.16. The van der Waals surface area contributed by atoms with Crippen molar-refractivity contribution in [3.05, 3.63) is 59.7 Å². The number of alkyl halides is 5. The molecule has 1 fully saturated rings. The first-order valence-corrected chi connectivity index (χ1v) is 9.65. The lowest BCUT2D eigenvalue weighted by Gasteiger charge is -2.28. The van der Waals surface area contributed by atoms with Crippen LogP contribution in [0.15, 0.2) is 36.9 Å². The van der Waals surface area contributed by atoms with E-state index in [9.17, 15) is 35.5 Å². The van der Waals surface area contributed by atoms with E-state index in [0.29, 0.717) is 17.3 Å². The van der Waals surface area contributed by atoms with E-state index in [1.165, 1.54) is 12.4 Å². The first-order valence-electron chi connectivity index (χ1n) is 9.65. The van der Waals surface area contributed by atoms with Gasteiger partial charge in [-0.15, -0.1) is 0 Å². The Bertz CT molecular complexity index is 1180. The van der Waals surface area contributed by atoms with Crippen LogP contribution in [0.5, 0.6) is 0 Å². The van der Waals surface area contributed by atoms with E-state index in [0.717, 1.165) is 16.9 Å². The topological polar surface area (TPSA) is 88.8 Å². The number of anilines is 1. The van der Waals surface area contributed by atoms with Gasteiger partial charge in [0.05, 0.1) is 18.0 Å². The number of amides is 1. The molecule has 15 heteroatoms. The Morgan fingerprint density at radius 3 is 2.38 bits per heavy atom. The molecule has 8 nitrogen and oxygen atoms in total. The largest absolute Gasteiger partial charge is 0.419 e. The Balaban J connectivity index is 1.61. The Labute approximate surface area is 186 Å². The number of hydrogen-bond donors (Lipinski definition) is 1. The summed E-state index contributed by atoms with van der Waals surface area (Å²) >= 11 is 0. The molecule has 0 saturated carbocycles. The molecule has 1 aliphatic rings. The van der Waals surface area contributed by atoms with Crippen molar-refractivity contribution in [1.29, 1.82) is 0 Å². The number of nitrogens with one attached hydrogen (secondary N) is 1. The minimum Gasteiger partial charge on any atom is -0.352 e. The number of hydrogen-bond acceptors (Lipinski definition) is 6. The molecule has 0 bridgehead atoms. The summed E-state index contributed by atoms with van der Waals surface area (Å²) in [6, 6.07) is -0.0833. The highest BCUT2D eigenvalue weighted by atomic mass is 19.4. The van der Waals surface area contributed by atoms with E-state index < -0.39 is 66.3 Å². The van der Waals surface area contributed by atoms with Crippen LogP contribution >= 0.6 is 0 Å². The number of rotatable bonds is 5. The third kappa shape index (κ3) is 4.36. The molecule has 1 saturated heterocycles. The zero-order valence-electron chi connectivity index (χ0n) is 16.9. The van der Waals surface area contributed by atoms with Crippen LogP contribution in [0.2, 0.25) is 0 Å². The number of benzene rings is 1. The lowest BCUT2D eigenvalue weighted by molar-refractivity contribution is -0.138. The molecule has 0 radical (unpaired) electrons. The van der Waals surface area contributed by atoms with Gasteiger partial charge in [0, 0.05) is 31.9 Å². The Kier molecular flexibility index (Phi) is 5.87. The van der Waals surface area contributed by atoms with Crippen LogP contribution in [-0.4, -0.2) is 60.8 Å². The summed E-state index contributed by atoms with van der Waals surface area (Å²) in [5.74, 6) is -8.00.